The highest BCUT2D eigenvalue weighted by Gasteiger charge is 1.96. The van der Waals surface area contributed by atoms with Gasteiger partial charge in [0.1, 0.15) is 5.75 Å². The fraction of sp³-hybridized carbons (Fsp3) is 0.545. The fourth-order valence-electron chi connectivity index (χ4n) is 1.12. The zero-order valence-corrected chi connectivity index (χ0v) is 8.92. The van der Waals surface area contributed by atoms with Gasteiger partial charge >= 0.3 is 0 Å². The summed E-state index contributed by atoms with van der Waals surface area (Å²) in [6, 6.07) is 3.88. The third-order valence-electron chi connectivity index (χ3n) is 1.82. The summed E-state index contributed by atoms with van der Waals surface area (Å²) in [5, 5.41) is 3.23. The molecule has 1 aromatic heterocycles. The van der Waals surface area contributed by atoms with Crippen LogP contribution in [0.3, 0.4) is 0 Å². The molecule has 0 saturated heterocycles. The van der Waals surface area contributed by atoms with E-state index in [0.29, 0.717) is 0 Å². The molecule has 1 heterocycles. The smallest absolute Gasteiger partial charge is 0.122 e. The Morgan fingerprint density at radius 1 is 1.43 bits per heavy atom. The van der Waals surface area contributed by atoms with Gasteiger partial charge in [0, 0.05) is 18.8 Å². The lowest BCUT2D eigenvalue weighted by molar-refractivity contribution is 0.316. The minimum atomic E-state index is 0.769. The number of hydrogen-bond acceptors (Lipinski definition) is 3. The summed E-state index contributed by atoms with van der Waals surface area (Å²) in [5.41, 5.74) is 1.03. The second kappa shape index (κ2) is 6.38. The molecule has 0 saturated carbocycles. The van der Waals surface area contributed by atoms with E-state index in [1.54, 1.807) is 6.20 Å². The highest BCUT2D eigenvalue weighted by atomic mass is 16.5. The first-order valence-corrected chi connectivity index (χ1v) is 5.15. The van der Waals surface area contributed by atoms with Crippen molar-refractivity contribution in [3.05, 3.63) is 24.0 Å². The Kier molecular flexibility index (Phi) is 5.00. The number of nitrogens with zero attached hydrogens (tertiary/aromatic N) is 1. The third-order valence-corrected chi connectivity index (χ3v) is 1.82. The molecule has 1 aromatic rings. The van der Waals surface area contributed by atoms with Crippen molar-refractivity contribution >= 4 is 0 Å². The largest absolute Gasteiger partial charge is 0.493 e. The normalized spacial score (nSPS) is 10.1. The van der Waals surface area contributed by atoms with Crippen LogP contribution in [0.5, 0.6) is 5.75 Å². The third kappa shape index (κ3) is 3.75. The van der Waals surface area contributed by atoms with Crippen LogP contribution < -0.4 is 10.1 Å². The molecular weight excluding hydrogens is 176 g/mol. The Labute approximate surface area is 85.5 Å². The Balaban J connectivity index is 2.50. The molecule has 0 atom stereocenters. The number of ether oxygens (including phenoxy) is 1. The van der Waals surface area contributed by atoms with Crippen LogP contribution >= 0.6 is 0 Å². The molecule has 3 nitrogen and oxygen atoms in total. The number of pyridine rings is 1. The molecule has 0 fully saturated rings. The van der Waals surface area contributed by atoms with E-state index in [0.717, 1.165) is 37.6 Å². The summed E-state index contributed by atoms with van der Waals surface area (Å²) in [7, 11) is 0. The van der Waals surface area contributed by atoms with Crippen LogP contribution in [0.2, 0.25) is 0 Å². The molecule has 78 valence electrons. The van der Waals surface area contributed by atoms with Crippen molar-refractivity contribution in [2.45, 2.75) is 26.8 Å². The van der Waals surface area contributed by atoms with E-state index in [4.69, 9.17) is 4.74 Å². The van der Waals surface area contributed by atoms with Crippen molar-refractivity contribution in [3.8, 4) is 5.75 Å². The summed E-state index contributed by atoms with van der Waals surface area (Å²) >= 11 is 0. The molecule has 1 N–H and O–H groups in total. The van der Waals surface area contributed by atoms with Crippen molar-refractivity contribution in [2.75, 3.05) is 13.2 Å². The highest BCUT2D eigenvalue weighted by molar-refractivity contribution is 5.22. The molecule has 0 aromatic carbocycles. The summed E-state index contributed by atoms with van der Waals surface area (Å²) in [6.45, 7) is 6.71. The average molecular weight is 194 g/mol. The van der Waals surface area contributed by atoms with E-state index in [1.165, 1.54) is 0 Å². The maximum atomic E-state index is 5.51. The topological polar surface area (TPSA) is 34.1 Å². The van der Waals surface area contributed by atoms with Gasteiger partial charge in [-0.15, -0.1) is 0 Å². The fourth-order valence-corrected chi connectivity index (χ4v) is 1.12. The molecular formula is C11H18N2O. The molecule has 0 amide bonds. The molecule has 1 rings (SSSR count). The zero-order chi connectivity index (χ0) is 10.2. The number of rotatable bonds is 6. The molecule has 0 aliphatic carbocycles. The Bertz CT molecular complexity index is 240. The minimum Gasteiger partial charge on any atom is -0.493 e. The summed E-state index contributed by atoms with van der Waals surface area (Å²) < 4.78 is 5.51. The second-order valence-corrected chi connectivity index (χ2v) is 3.11. The maximum Gasteiger partial charge on any atom is 0.122 e. The Morgan fingerprint density at radius 3 is 3.00 bits per heavy atom. The molecule has 0 aliphatic rings. The van der Waals surface area contributed by atoms with E-state index in [9.17, 15) is 0 Å². The maximum absolute atomic E-state index is 5.51. The van der Waals surface area contributed by atoms with Crippen molar-refractivity contribution in [2.24, 2.45) is 0 Å². The van der Waals surface area contributed by atoms with Crippen molar-refractivity contribution in [3.63, 3.8) is 0 Å². The molecule has 3 heteroatoms. The van der Waals surface area contributed by atoms with Gasteiger partial charge in [-0.2, -0.15) is 0 Å². The Hall–Kier alpha value is -1.09. The zero-order valence-electron chi connectivity index (χ0n) is 8.92. The van der Waals surface area contributed by atoms with Crippen molar-refractivity contribution in [1.29, 1.82) is 0 Å². The van der Waals surface area contributed by atoms with E-state index in [-0.39, 0.29) is 0 Å². The van der Waals surface area contributed by atoms with Crippen molar-refractivity contribution in [1.82, 2.24) is 10.3 Å². The molecule has 14 heavy (non-hydrogen) atoms. The van der Waals surface area contributed by atoms with Gasteiger partial charge in [0.15, 0.2) is 0 Å². The van der Waals surface area contributed by atoms with Gasteiger partial charge in [0.25, 0.3) is 0 Å². The van der Waals surface area contributed by atoms with Crippen LogP contribution in [0.1, 0.15) is 26.0 Å². The summed E-state index contributed by atoms with van der Waals surface area (Å²) in [5.74, 6) is 0.912. The molecule has 0 bridgehead atoms. The van der Waals surface area contributed by atoms with Crippen LogP contribution in [-0.4, -0.2) is 18.1 Å². The lowest BCUT2D eigenvalue weighted by Gasteiger charge is -2.06. The highest BCUT2D eigenvalue weighted by Crippen LogP contribution is 2.10. The van der Waals surface area contributed by atoms with Gasteiger partial charge < -0.3 is 10.1 Å². The molecule has 0 radical (unpaired) electrons. The van der Waals surface area contributed by atoms with Gasteiger partial charge in [-0.1, -0.05) is 13.8 Å². The number of aromatic nitrogens is 1. The monoisotopic (exact) mass is 194 g/mol. The first-order valence-electron chi connectivity index (χ1n) is 5.15. The van der Waals surface area contributed by atoms with E-state index in [1.807, 2.05) is 12.1 Å². The van der Waals surface area contributed by atoms with Gasteiger partial charge in [-0.05, 0) is 19.0 Å². The van der Waals surface area contributed by atoms with Gasteiger partial charge in [-0.25, -0.2) is 0 Å². The van der Waals surface area contributed by atoms with Crippen LogP contribution in [0.4, 0.5) is 0 Å². The first-order chi connectivity index (χ1) is 6.86. The average Bonchev–Trinajstić information content (AvgIpc) is 2.24. The molecule has 0 unspecified atom stereocenters. The second-order valence-electron chi connectivity index (χ2n) is 3.11. The summed E-state index contributed by atoms with van der Waals surface area (Å²) in [4.78, 5) is 4.24. The van der Waals surface area contributed by atoms with E-state index >= 15 is 0 Å². The Morgan fingerprint density at radius 2 is 2.29 bits per heavy atom. The first kappa shape index (κ1) is 11.0. The van der Waals surface area contributed by atoms with Gasteiger partial charge in [-0.3, -0.25) is 4.98 Å². The standard InChI is InChI=1S/C11H18N2O/c1-3-7-14-11-5-6-13-10(8-11)9-12-4-2/h5-6,8,12H,3-4,7,9H2,1-2H3. The lowest BCUT2D eigenvalue weighted by Crippen LogP contribution is -2.12. The van der Waals surface area contributed by atoms with Gasteiger partial charge in [0.2, 0.25) is 0 Å². The SMILES string of the molecule is CCCOc1ccnc(CNCC)c1. The van der Waals surface area contributed by atoms with Crippen LogP contribution in [0, 0.1) is 0 Å². The number of hydrogen-bond donors (Lipinski definition) is 1. The number of nitrogens with one attached hydrogen (secondary N) is 1. The quantitative estimate of drug-likeness (QED) is 0.752. The molecule has 0 aliphatic heterocycles. The summed E-state index contributed by atoms with van der Waals surface area (Å²) in [6.07, 6.45) is 2.82. The van der Waals surface area contributed by atoms with Crippen LogP contribution in [0.25, 0.3) is 0 Å². The minimum absolute atomic E-state index is 0.769. The van der Waals surface area contributed by atoms with Crippen molar-refractivity contribution < 1.29 is 4.74 Å². The van der Waals surface area contributed by atoms with Gasteiger partial charge in [0.05, 0.1) is 12.3 Å². The van der Waals surface area contributed by atoms with E-state index in [2.05, 4.69) is 24.1 Å². The molecule has 0 spiro atoms. The lowest BCUT2D eigenvalue weighted by atomic mass is 10.3. The predicted octanol–water partition coefficient (Wildman–Crippen LogP) is 1.98. The predicted molar refractivity (Wildman–Crippen MR) is 57.4 cm³/mol. The van der Waals surface area contributed by atoms with Crippen LogP contribution in [-0.2, 0) is 6.54 Å². The van der Waals surface area contributed by atoms with E-state index < -0.39 is 0 Å². The van der Waals surface area contributed by atoms with Crippen LogP contribution in [0.15, 0.2) is 18.3 Å².